The van der Waals surface area contributed by atoms with Crippen LogP contribution in [0.4, 0.5) is 0 Å². The first-order valence-corrected chi connectivity index (χ1v) is 6.91. The highest BCUT2D eigenvalue weighted by molar-refractivity contribution is 5.37. The third kappa shape index (κ3) is 3.06. The molecule has 0 aliphatic rings. The predicted octanol–water partition coefficient (Wildman–Crippen LogP) is 3.98. The van der Waals surface area contributed by atoms with E-state index in [1.807, 2.05) is 4.68 Å². The molecule has 0 saturated heterocycles. The average molecular weight is 252 g/mol. The smallest absolute Gasteiger partial charge is 0.234 e. The Bertz CT molecular complexity index is 405. The van der Waals surface area contributed by atoms with Gasteiger partial charge >= 0.3 is 0 Å². The van der Waals surface area contributed by atoms with E-state index >= 15 is 0 Å². The van der Waals surface area contributed by atoms with Crippen LogP contribution in [0.15, 0.2) is 0 Å². The Kier molecular flexibility index (Phi) is 4.14. The van der Waals surface area contributed by atoms with Gasteiger partial charge in [-0.15, -0.1) is 5.10 Å². The highest BCUT2D eigenvalue weighted by Gasteiger charge is 2.30. The molecule has 0 radical (unpaired) electrons. The molecule has 104 valence electrons. The minimum absolute atomic E-state index is 0.0728. The zero-order valence-electron chi connectivity index (χ0n) is 13.0. The Labute approximate surface area is 111 Å². The van der Waals surface area contributed by atoms with E-state index < -0.39 is 0 Å². The number of rotatable bonds is 3. The number of unbranched alkanes of at least 4 members (excludes halogenated alkanes) is 1. The van der Waals surface area contributed by atoms with Crippen LogP contribution in [-0.4, -0.2) is 14.9 Å². The standard InChI is InChI=1S/C15H28N2O/c1-8-9-10-11-12(14(2,3)4)13(18)16-17(11)15(5,6)7/h8-10H2,1-7H3,(H,16,18). The molecule has 0 aromatic carbocycles. The fourth-order valence-corrected chi connectivity index (χ4v) is 2.34. The lowest BCUT2D eigenvalue weighted by molar-refractivity contribution is 0.328. The Hall–Kier alpha value is -0.990. The fourth-order valence-electron chi connectivity index (χ4n) is 2.34. The molecule has 1 heterocycles. The van der Waals surface area contributed by atoms with E-state index in [4.69, 9.17) is 0 Å². The Morgan fingerprint density at radius 1 is 1.11 bits per heavy atom. The fraction of sp³-hybridized carbons (Fsp3) is 0.800. The van der Waals surface area contributed by atoms with Gasteiger partial charge in [-0.05, 0) is 39.0 Å². The Morgan fingerprint density at radius 3 is 2.06 bits per heavy atom. The molecule has 0 spiro atoms. The third-order valence-corrected chi connectivity index (χ3v) is 3.12. The van der Waals surface area contributed by atoms with Crippen molar-refractivity contribution in [2.45, 2.75) is 78.7 Å². The lowest BCUT2D eigenvalue weighted by Crippen LogP contribution is -2.26. The quantitative estimate of drug-likeness (QED) is 0.883. The molecule has 3 heteroatoms. The SMILES string of the molecule is CCCCc1c(C(C)(C)C)c(O)nn1C(C)(C)C. The highest BCUT2D eigenvalue weighted by atomic mass is 16.3. The first kappa shape index (κ1) is 15.1. The Balaban J connectivity index is 3.38. The molecule has 18 heavy (non-hydrogen) atoms. The van der Waals surface area contributed by atoms with E-state index in [0.29, 0.717) is 0 Å². The normalized spacial score (nSPS) is 13.1. The molecule has 0 bridgehead atoms. The molecular weight excluding hydrogens is 224 g/mol. The van der Waals surface area contributed by atoms with E-state index in [0.717, 1.165) is 24.8 Å². The number of hydrogen-bond donors (Lipinski definition) is 1. The van der Waals surface area contributed by atoms with Crippen molar-refractivity contribution in [1.82, 2.24) is 9.78 Å². The number of hydrogen-bond acceptors (Lipinski definition) is 2. The van der Waals surface area contributed by atoms with Gasteiger partial charge in [-0.25, -0.2) is 0 Å². The highest BCUT2D eigenvalue weighted by Crippen LogP contribution is 2.36. The van der Waals surface area contributed by atoms with Crippen LogP contribution >= 0.6 is 0 Å². The van der Waals surface area contributed by atoms with E-state index in [1.165, 1.54) is 5.69 Å². The summed E-state index contributed by atoms with van der Waals surface area (Å²) in [4.78, 5) is 0. The van der Waals surface area contributed by atoms with Crippen LogP contribution in [0.25, 0.3) is 0 Å². The summed E-state index contributed by atoms with van der Waals surface area (Å²) in [6, 6.07) is 0. The molecule has 1 N–H and O–H groups in total. The molecule has 0 amide bonds. The van der Waals surface area contributed by atoms with Gasteiger partial charge in [0.15, 0.2) is 0 Å². The van der Waals surface area contributed by atoms with Gasteiger partial charge in [-0.2, -0.15) is 0 Å². The van der Waals surface area contributed by atoms with Gasteiger partial charge < -0.3 is 5.11 Å². The molecule has 1 aromatic heterocycles. The van der Waals surface area contributed by atoms with Gasteiger partial charge in [-0.3, -0.25) is 4.68 Å². The number of nitrogens with zero attached hydrogens (tertiary/aromatic N) is 2. The molecule has 1 rings (SSSR count). The van der Waals surface area contributed by atoms with Crippen LogP contribution < -0.4 is 0 Å². The van der Waals surface area contributed by atoms with Gasteiger partial charge in [0, 0.05) is 11.3 Å². The maximum absolute atomic E-state index is 10.2. The third-order valence-electron chi connectivity index (χ3n) is 3.12. The molecule has 3 nitrogen and oxygen atoms in total. The van der Waals surface area contributed by atoms with Crippen molar-refractivity contribution < 1.29 is 5.11 Å². The predicted molar refractivity (Wildman–Crippen MR) is 76.2 cm³/mol. The molecular formula is C15H28N2O. The summed E-state index contributed by atoms with van der Waals surface area (Å²) in [5.41, 5.74) is 2.03. The second-order valence-electron chi connectivity index (χ2n) is 7.08. The average Bonchev–Trinajstić information content (AvgIpc) is 2.50. The monoisotopic (exact) mass is 252 g/mol. The number of aromatic hydroxyl groups is 1. The lowest BCUT2D eigenvalue weighted by atomic mass is 9.85. The van der Waals surface area contributed by atoms with Crippen molar-refractivity contribution in [1.29, 1.82) is 0 Å². The zero-order chi connectivity index (χ0) is 14.1. The van der Waals surface area contributed by atoms with Crippen LogP contribution in [0, 0.1) is 0 Å². The van der Waals surface area contributed by atoms with Gasteiger partial charge in [-0.1, -0.05) is 34.1 Å². The first-order chi connectivity index (χ1) is 8.09. The van der Waals surface area contributed by atoms with Crippen molar-refractivity contribution in [3.05, 3.63) is 11.3 Å². The zero-order valence-corrected chi connectivity index (χ0v) is 13.0. The summed E-state index contributed by atoms with van der Waals surface area (Å²) < 4.78 is 2.00. The summed E-state index contributed by atoms with van der Waals surface area (Å²) in [6.07, 6.45) is 3.26. The van der Waals surface area contributed by atoms with Crippen molar-refractivity contribution in [3.63, 3.8) is 0 Å². The topological polar surface area (TPSA) is 38.1 Å². The van der Waals surface area contributed by atoms with Gasteiger partial charge in [0.1, 0.15) is 0 Å². The van der Waals surface area contributed by atoms with Gasteiger partial charge in [0.2, 0.25) is 5.88 Å². The lowest BCUT2D eigenvalue weighted by Gasteiger charge is -2.25. The van der Waals surface area contributed by atoms with Crippen molar-refractivity contribution >= 4 is 0 Å². The Morgan fingerprint density at radius 2 is 1.67 bits per heavy atom. The van der Waals surface area contributed by atoms with E-state index in [2.05, 4.69) is 53.6 Å². The second kappa shape index (κ2) is 4.94. The molecule has 0 unspecified atom stereocenters. The largest absolute Gasteiger partial charge is 0.492 e. The molecule has 0 aliphatic carbocycles. The molecule has 0 aliphatic heterocycles. The molecule has 1 aromatic rings. The van der Waals surface area contributed by atoms with Gasteiger partial charge in [0.25, 0.3) is 0 Å². The maximum atomic E-state index is 10.2. The van der Waals surface area contributed by atoms with Crippen molar-refractivity contribution in [2.24, 2.45) is 0 Å². The molecule has 0 saturated carbocycles. The van der Waals surface area contributed by atoms with Crippen LogP contribution in [0.5, 0.6) is 5.88 Å². The van der Waals surface area contributed by atoms with Crippen LogP contribution in [0.2, 0.25) is 0 Å². The summed E-state index contributed by atoms with van der Waals surface area (Å²) in [7, 11) is 0. The van der Waals surface area contributed by atoms with E-state index in [-0.39, 0.29) is 16.8 Å². The number of aromatic nitrogens is 2. The van der Waals surface area contributed by atoms with E-state index in [1.54, 1.807) is 0 Å². The summed E-state index contributed by atoms with van der Waals surface area (Å²) in [6.45, 7) is 15.0. The summed E-state index contributed by atoms with van der Waals surface area (Å²) in [5.74, 6) is 0.198. The van der Waals surface area contributed by atoms with Crippen molar-refractivity contribution in [3.8, 4) is 5.88 Å². The van der Waals surface area contributed by atoms with Gasteiger partial charge in [0.05, 0.1) is 5.54 Å². The minimum Gasteiger partial charge on any atom is -0.492 e. The molecule has 0 fully saturated rings. The van der Waals surface area contributed by atoms with E-state index in [9.17, 15) is 5.11 Å². The first-order valence-electron chi connectivity index (χ1n) is 6.91. The maximum Gasteiger partial charge on any atom is 0.234 e. The minimum atomic E-state index is -0.0932. The molecule has 0 atom stereocenters. The van der Waals surface area contributed by atoms with Crippen LogP contribution in [-0.2, 0) is 17.4 Å². The second-order valence-corrected chi connectivity index (χ2v) is 7.08. The van der Waals surface area contributed by atoms with Crippen LogP contribution in [0.3, 0.4) is 0 Å². The van der Waals surface area contributed by atoms with Crippen molar-refractivity contribution in [2.75, 3.05) is 0 Å². The summed E-state index contributed by atoms with van der Waals surface area (Å²) >= 11 is 0. The van der Waals surface area contributed by atoms with Crippen LogP contribution in [0.1, 0.15) is 72.6 Å². The summed E-state index contributed by atoms with van der Waals surface area (Å²) in [5, 5.41) is 14.6.